The highest BCUT2D eigenvalue weighted by Crippen LogP contribution is 2.40. The second-order valence-electron chi connectivity index (χ2n) is 7.13. The van der Waals surface area contributed by atoms with Crippen molar-refractivity contribution >= 4 is 11.8 Å². The molecule has 132 valence electrons. The number of carboxylic acid groups (broad SMARTS) is 1. The van der Waals surface area contributed by atoms with Crippen molar-refractivity contribution in [3.05, 3.63) is 35.9 Å². The van der Waals surface area contributed by atoms with E-state index in [1.165, 1.54) is 6.42 Å². The number of anilines is 1. The van der Waals surface area contributed by atoms with Gasteiger partial charge in [0.2, 0.25) is 0 Å². The molecule has 4 rings (SSSR count). The van der Waals surface area contributed by atoms with Gasteiger partial charge in [0.25, 0.3) is 0 Å². The average Bonchev–Trinajstić information content (AvgIpc) is 3.26. The molecule has 0 spiro atoms. The lowest BCUT2D eigenvalue weighted by Crippen LogP contribution is -2.33. The molecule has 1 aliphatic heterocycles. The van der Waals surface area contributed by atoms with Crippen LogP contribution in [0.2, 0.25) is 0 Å². The molecule has 25 heavy (non-hydrogen) atoms. The minimum absolute atomic E-state index is 0.154. The Bertz CT molecular complexity index is 745. The van der Waals surface area contributed by atoms with Crippen molar-refractivity contribution in [3.8, 4) is 11.3 Å². The normalized spacial score (nSPS) is 25.6. The number of hydrogen-bond acceptors (Lipinski definition) is 5. The fourth-order valence-electron chi connectivity index (χ4n) is 4.35. The van der Waals surface area contributed by atoms with Gasteiger partial charge in [-0.15, -0.1) is 0 Å². The lowest BCUT2D eigenvalue weighted by atomic mass is 9.90. The summed E-state index contributed by atoms with van der Waals surface area (Å²) >= 11 is 0. The molecule has 2 heterocycles. The predicted molar refractivity (Wildman–Crippen MR) is 94.8 cm³/mol. The molecule has 3 atom stereocenters. The second kappa shape index (κ2) is 6.52. The minimum Gasteiger partial charge on any atom is -0.477 e. The number of hydrogen-bond donors (Lipinski definition) is 2. The van der Waals surface area contributed by atoms with E-state index >= 15 is 0 Å². The van der Waals surface area contributed by atoms with E-state index in [0.717, 1.165) is 37.4 Å². The van der Waals surface area contributed by atoms with Crippen molar-refractivity contribution in [2.75, 3.05) is 25.0 Å². The summed E-state index contributed by atoms with van der Waals surface area (Å²) in [4.78, 5) is 13.9. The molecule has 1 aromatic carbocycles. The first-order chi connectivity index (χ1) is 12.1. The van der Waals surface area contributed by atoms with Crippen molar-refractivity contribution in [1.82, 2.24) is 10.5 Å². The van der Waals surface area contributed by atoms with E-state index in [-0.39, 0.29) is 5.56 Å². The lowest BCUT2D eigenvalue weighted by molar-refractivity contribution is 0.0698. The number of carboxylic acids is 1. The number of nitrogens with zero attached hydrogens (tertiary/aromatic N) is 2. The zero-order chi connectivity index (χ0) is 17.4. The molecular formula is C19H23N3O3. The summed E-state index contributed by atoms with van der Waals surface area (Å²) < 4.78 is 5.46. The maximum atomic E-state index is 11.9. The molecule has 1 aromatic heterocycles. The SMILES string of the molecule is CN(c1noc(-c2ccccc2)c1C(=O)O)[C@H]1C[C@H]2CCNC[C@H]2C1. The Morgan fingerprint density at radius 2 is 2.04 bits per heavy atom. The third-order valence-corrected chi connectivity index (χ3v) is 5.72. The van der Waals surface area contributed by atoms with Crippen LogP contribution in [0, 0.1) is 11.8 Å². The number of benzene rings is 1. The number of piperidine rings is 1. The summed E-state index contributed by atoms with van der Waals surface area (Å²) in [5, 5.41) is 17.4. The van der Waals surface area contributed by atoms with Crippen LogP contribution in [-0.4, -0.2) is 42.4 Å². The van der Waals surface area contributed by atoms with Gasteiger partial charge in [-0.2, -0.15) is 0 Å². The van der Waals surface area contributed by atoms with Gasteiger partial charge in [0.05, 0.1) is 0 Å². The van der Waals surface area contributed by atoms with Gasteiger partial charge < -0.3 is 19.8 Å². The molecule has 1 saturated carbocycles. The van der Waals surface area contributed by atoms with E-state index in [2.05, 4.69) is 10.5 Å². The molecule has 0 radical (unpaired) electrons. The van der Waals surface area contributed by atoms with Gasteiger partial charge in [0.15, 0.2) is 17.1 Å². The summed E-state index contributed by atoms with van der Waals surface area (Å²) in [5.74, 6) is 1.16. The van der Waals surface area contributed by atoms with Gasteiger partial charge in [0, 0.05) is 18.7 Å². The Hall–Kier alpha value is -2.34. The maximum Gasteiger partial charge on any atom is 0.343 e. The van der Waals surface area contributed by atoms with Crippen molar-refractivity contribution < 1.29 is 14.4 Å². The van der Waals surface area contributed by atoms with E-state index < -0.39 is 5.97 Å². The Morgan fingerprint density at radius 3 is 2.76 bits per heavy atom. The van der Waals surface area contributed by atoms with Crippen LogP contribution >= 0.6 is 0 Å². The molecule has 0 unspecified atom stereocenters. The van der Waals surface area contributed by atoms with Crippen molar-refractivity contribution in [2.45, 2.75) is 25.3 Å². The lowest BCUT2D eigenvalue weighted by Gasteiger charge is -2.25. The van der Waals surface area contributed by atoms with E-state index in [4.69, 9.17) is 4.52 Å². The zero-order valence-corrected chi connectivity index (χ0v) is 14.3. The van der Waals surface area contributed by atoms with Crippen LogP contribution in [0.1, 0.15) is 29.6 Å². The number of carbonyl (C=O) groups is 1. The highest BCUT2D eigenvalue weighted by atomic mass is 16.5. The van der Waals surface area contributed by atoms with E-state index in [1.54, 1.807) is 0 Å². The van der Waals surface area contributed by atoms with Gasteiger partial charge in [-0.05, 0) is 44.2 Å². The van der Waals surface area contributed by atoms with Gasteiger partial charge in [-0.3, -0.25) is 0 Å². The van der Waals surface area contributed by atoms with Gasteiger partial charge >= 0.3 is 5.97 Å². The van der Waals surface area contributed by atoms with Crippen LogP contribution < -0.4 is 10.2 Å². The zero-order valence-electron chi connectivity index (χ0n) is 14.3. The number of fused-ring (bicyclic) bond motifs is 1. The summed E-state index contributed by atoms with van der Waals surface area (Å²) in [6, 6.07) is 9.60. The highest BCUT2D eigenvalue weighted by Gasteiger charge is 2.39. The Kier molecular flexibility index (Phi) is 4.21. The fourth-order valence-corrected chi connectivity index (χ4v) is 4.35. The number of nitrogens with one attached hydrogen (secondary N) is 1. The largest absolute Gasteiger partial charge is 0.477 e. The molecule has 2 aliphatic rings. The number of rotatable bonds is 4. The predicted octanol–water partition coefficient (Wildman–Crippen LogP) is 2.86. The standard InChI is InChI=1S/C19H23N3O3/c1-22(15-9-13-7-8-20-11-14(13)10-15)18-16(19(23)24)17(25-21-18)12-5-3-2-4-6-12/h2-6,13-15,20H,7-11H2,1H3,(H,23,24)/t13-,14-,15+/m1/s1. The first kappa shape index (κ1) is 16.1. The summed E-state index contributed by atoms with van der Waals surface area (Å²) in [6.45, 7) is 2.15. The monoisotopic (exact) mass is 341 g/mol. The third kappa shape index (κ3) is 2.91. The molecule has 2 aromatic rings. The average molecular weight is 341 g/mol. The smallest absolute Gasteiger partial charge is 0.343 e. The molecule has 6 heteroatoms. The molecule has 2 fully saturated rings. The van der Waals surface area contributed by atoms with Crippen LogP contribution in [0.15, 0.2) is 34.9 Å². The molecule has 1 aliphatic carbocycles. The van der Waals surface area contributed by atoms with Crippen molar-refractivity contribution in [1.29, 1.82) is 0 Å². The van der Waals surface area contributed by atoms with Crippen LogP contribution in [0.4, 0.5) is 5.82 Å². The Balaban J connectivity index is 1.64. The third-order valence-electron chi connectivity index (χ3n) is 5.72. The summed E-state index contributed by atoms with van der Waals surface area (Å²) in [6.07, 6.45) is 3.37. The summed E-state index contributed by atoms with van der Waals surface area (Å²) in [5.41, 5.74) is 0.887. The number of aromatic carboxylic acids is 1. The van der Waals surface area contributed by atoms with Crippen molar-refractivity contribution in [3.63, 3.8) is 0 Å². The van der Waals surface area contributed by atoms with Crippen LogP contribution in [0.25, 0.3) is 11.3 Å². The molecule has 2 N–H and O–H groups in total. The fraction of sp³-hybridized carbons (Fsp3) is 0.474. The Morgan fingerprint density at radius 1 is 1.28 bits per heavy atom. The number of aromatic nitrogens is 1. The summed E-state index contributed by atoms with van der Waals surface area (Å²) in [7, 11) is 1.94. The van der Waals surface area contributed by atoms with E-state index in [0.29, 0.717) is 23.5 Å². The van der Waals surface area contributed by atoms with Gasteiger partial charge in [0.1, 0.15) is 0 Å². The molecule has 6 nitrogen and oxygen atoms in total. The van der Waals surface area contributed by atoms with Crippen LogP contribution in [0.3, 0.4) is 0 Å². The van der Waals surface area contributed by atoms with Crippen molar-refractivity contribution in [2.24, 2.45) is 11.8 Å². The first-order valence-corrected chi connectivity index (χ1v) is 8.87. The van der Waals surface area contributed by atoms with Gasteiger partial charge in [-0.25, -0.2) is 4.79 Å². The molecule has 0 amide bonds. The topological polar surface area (TPSA) is 78.6 Å². The van der Waals surface area contributed by atoms with Gasteiger partial charge in [-0.1, -0.05) is 35.5 Å². The highest BCUT2D eigenvalue weighted by molar-refractivity contribution is 5.99. The first-order valence-electron chi connectivity index (χ1n) is 8.87. The molecule has 1 saturated heterocycles. The Labute approximate surface area is 146 Å². The molecule has 0 bridgehead atoms. The van der Waals surface area contributed by atoms with Crippen LogP contribution in [0.5, 0.6) is 0 Å². The second-order valence-corrected chi connectivity index (χ2v) is 7.13. The minimum atomic E-state index is -1.00. The van der Waals surface area contributed by atoms with Crippen LogP contribution in [-0.2, 0) is 0 Å². The quantitative estimate of drug-likeness (QED) is 0.890. The molecular weight excluding hydrogens is 318 g/mol. The maximum absolute atomic E-state index is 11.9. The van der Waals surface area contributed by atoms with E-state index in [1.807, 2.05) is 42.3 Å². The van der Waals surface area contributed by atoms with E-state index in [9.17, 15) is 9.90 Å².